The summed E-state index contributed by atoms with van der Waals surface area (Å²) in [5.74, 6) is 0. The highest BCUT2D eigenvalue weighted by atomic mass is 16.3. The highest BCUT2D eigenvalue weighted by Crippen LogP contribution is 2.65. The molecule has 0 amide bonds. The number of anilines is 3. The Balaban J connectivity index is 1.01. The Hall–Kier alpha value is -8.20. The summed E-state index contributed by atoms with van der Waals surface area (Å²) < 4.78 is 6.54. The van der Waals surface area contributed by atoms with Crippen molar-refractivity contribution in [2.75, 3.05) is 4.90 Å². The van der Waals surface area contributed by atoms with Crippen molar-refractivity contribution in [1.82, 2.24) is 0 Å². The molecule has 0 radical (unpaired) electrons. The Morgan fingerprint density at radius 1 is 0.306 bits per heavy atom. The number of benzene rings is 10. The van der Waals surface area contributed by atoms with Crippen LogP contribution in [0.15, 0.2) is 229 Å². The largest absolute Gasteiger partial charge is 0.456 e. The number of fused-ring (bicyclic) bond motifs is 14. The molecule has 0 fully saturated rings. The summed E-state index contributed by atoms with van der Waals surface area (Å²) >= 11 is 0. The molecule has 346 valence electrons. The van der Waals surface area contributed by atoms with Crippen molar-refractivity contribution in [2.24, 2.45) is 5.41 Å². The van der Waals surface area contributed by atoms with Crippen LogP contribution in [-0.2, 0) is 16.2 Å². The van der Waals surface area contributed by atoms with Crippen LogP contribution in [0.5, 0.6) is 0 Å². The van der Waals surface area contributed by atoms with Gasteiger partial charge in [-0.2, -0.15) is 0 Å². The maximum Gasteiger partial charge on any atom is 0.137 e. The van der Waals surface area contributed by atoms with E-state index in [1.165, 1.54) is 77.9 Å². The molecule has 0 bridgehead atoms. The summed E-state index contributed by atoms with van der Waals surface area (Å²) in [4.78, 5) is 2.40. The maximum atomic E-state index is 6.54. The third-order valence-electron chi connectivity index (χ3n) is 18.2. The first-order chi connectivity index (χ1) is 35.0. The third-order valence-corrected chi connectivity index (χ3v) is 18.2. The summed E-state index contributed by atoms with van der Waals surface area (Å²) in [6.07, 6.45) is 0. The van der Waals surface area contributed by atoms with Gasteiger partial charge in [0.1, 0.15) is 11.2 Å². The lowest BCUT2D eigenvalue weighted by molar-refractivity contribution is 0.125. The van der Waals surface area contributed by atoms with Gasteiger partial charge in [-0.15, -0.1) is 0 Å². The molecule has 72 heavy (non-hydrogen) atoms. The summed E-state index contributed by atoms with van der Waals surface area (Å²) in [7, 11) is 0. The van der Waals surface area contributed by atoms with Gasteiger partial charge in [0.2, 0.25) is 0 Å². The van der Waals surface area contributed by atoms with Crippen LogP contribution in [-0.4, -0.2) is 0 Å². The van der Waals surface area contributed by atoms with Gasteiger partial charge in [0.15, 0.2) is 0 Å². The van der Waals surface area contributed by atoms with E-state index in [1.807, 2.05) is 6.07 Å². The SMILES string of the molecule is CC1(C)c2ccc(-c3cc4c(cc3-c3ccc(N(c5ccc6c(c5)oc5ccccc56)c5ccccc5-c5ccccc5)cc3)C3(c5ccccc5-c5ccccc53)c3ccccc3-4)cc2C(C)(C)C1(C)C. The first-order valence-corrected chi connectivity index (χ1v) is 25.6. The van der Waals surface area contributed by atoms with Crippen LogP contribution >= 0.6 is 0 Å². The molecule has 0 aliphatic heterocycles. The molecule has 2 nitrogen and oxygen atoms in total. The van der Waals surface area contributed by atoms with Crippen molar-refractivity contribution in [3.05, 3.63) is 258 Å². The Morgan fingerprint density at radius 3 is 1.51 bits per heavy atom. The molecule has 0 atom stereocenters. The molecule has 10 aromatic carbocycles. The average Bonchev–Trinajstić information content (AvgIpc) is 4.06. The molecule has 1 heterocycles. The second-order valence-electron chi connectivity index (χ2n) is 22.0. The van der Waals surface area contributed by atoms with E-state index in [2.05, 4.69) is 265 Å². The number of para-hydroxylation sites is 2. The van der Waals surface area contributed by atoms with Gasteiger partial charge in [0.25, 0.3) is 0 Å². The minimum atomic E-state index is -0.465. The molecule has 0 saturated heterocycles. The fourth-order valence-electron chi connectivity index (χ4n) is 13.4. The Labute approximate surface area is 422 Å². The minimum absolute atomic E-state index is 0.00940. The minimum Gasteiger partial charge on any atom is -0.456 e. The van der Waals surface area contributed by atoms with Gasteiger partial charge in [-0.05, 0) is 148 Å². The van der Waals surface area contributed by atoms with Crippen LogP contribution in [0.4, 0.5) is 17.1 Å². The summed E-state index contributed by atoms with van der Waals surface area (Å²) in [6.45, 7) is 14.7. The van der Waals surface area contributed by atoms with Crippen LogP contribution in [0.3, 0.4) is 0 Å². The first kappa shape index (κ1) is 42.7. The monoisotopic (exact) mass is 925 g/mol. The van der Waals surface area contributed by atoms with Crippen molar-refractivity contribution in [1.29, 1.82) is 0 Å². The predicted molar refractivity (Wildman–Crippen MR) is 301 cm³/mol. The van der Waals surface area contributed by atoms with E-state index in [0.29, 0.717) is 0 Å². The van der Waals surface area contributed by atoms with Gasteiger partial charge in [-0.3, -0.25) is 0 Å². The third kappa shape index (κ3) is 5.67. The number of furan rings is 1. The zero-order chi connectivity index (χ0) is 48.7. The molecule has 1 aromatic heterocycles. The second-order valence-corrected chi connectivity index (χ2v) is 22.0. The lowest BCUT2D eigenvalue weighted by Gasteiger charge is -2.44. The van der Waals surface area contributed by atoms with E-state index in [-0.39, 0.29) is 16.2 Å². The molecule has 0 unspecified atom stereocenters. The molecule has 11 aromatic rings. The summed E-state index contributed by atoms with van der Waals surface area (Å²) in [5.41, 5.74) is 25.2. The van der Waals surface area contributed by atoms with Crippen LogP contribution in [0.25, 0.3) is 77.6 Å². The van der Waals surface area contributed by atoms with E-state index in [9.17, 15) is 0 Å². The zero-order valence-electron chi connectivity index (χ0n) is 41.7. The van der Waals surface area contributed by atoms with Crippen LogP contribution in [0.2, 0.25) is 0 Å². The van der Waals surface area contributed by atoms with Crippen molar-refractivity contribution >= 4 is 39.0 Å². The Bertz CT molecular complexity index is 3970. The van der Waals surface area contributed by atoms with Crippen molar-refractivity contribution in [2.45, 2.75) is 57.8 Å². The van der Waals surface area contributed by atoms with Crippen LogP contribution in [0.1, 0.15) is 74.9 Å². The topological polar surface area (TPSA) is 16.4 Å². The molecule has 1 spiro atoms. The van der Waals surface area contributed by atoms with Gasteiger partial charge in [-0.25, -0.2) is 0 Å². The van der Waals surface area contributed by atoms with Gasteiger partial charge in [-0.1, -0.05) is 211 Å². The zero-order valence-corrected chi connectivity index (χ0v) is 41.7. The maximum absolute atomic E-state index is 6.54. The second kappa shape index (κ2) is 15.2. The molecule has 0 saturated carbocycles. The number of rotatable bonds is 6. The first-order valence-electron chi connectivity index (χ1n) is 25.6. The fourth-order valence-corrected chi connectivity index (χ4v) is 13.4. The highest BCUT2D eigenvalue weighted by Gasteiger charge is 2.57. The number of nitrogens with zero attached hydrogens (tertiary/aromatic N) is 1. The van der Waals surface area contributed by atoms with Crippen molar-refractivity contribution in [3.8, 4) is 55.6 Å². The number of hydrogen-bond acceptors (Lipinski definition) is 2. The van der Waals surface area contributed by atoms with Gasteiger partial charge < -0.3 is 9.32 Å². The van der Waals surface area contributed by atoms with Crippen molar-refractivity contribution < 1.29 is 4.42 Å². The Kier molecular flexibility index (Phi) is 8.98. The number of hydrogen-bond donors (Lipinski definition) is 0. The normalized spacial score (nSPS) is 15.8. The molecule has 2 heteroatoms. The molecular weight excluding hydrogens is 871 g/mol. The van der Waals surface area contributed by atoms with Gasteiger partial charge in [0.05, 0.1) is 11.1 Å². The standard InChI is InChI=1S/C70H55NO/c1-67(2)61-39-34-46(40-63(61)68(3,4)69(67,5)6)55-42-57-52-25-12-17-29-60(52)70(58-27-15-10-23-50(58)51-24-11-16-28-59(51)70)62(57)43-56(55)45-32-35-47(36-33-45)71(64-30-18-13-22-49(64)44-20-8-7-9-21-44)48-37-38-54-53-26-14-19-31-65(53)72-66(54)41-48/h7-43H,1-6H3. The summed E-state index contributed by atoms with van der Waals surface area (Å²) in [6, 6.07) is 83.7. The lowest BCUT2D eigenvalue weighted by Crippen LogP contribution is -2.42. The molecular formula is C70H55NO. The van der Waals surface area contributed by atoms with E-state index < -0.39 is 5.41 Å². The van der Waals surface area contributed by atoms with Crippen LogP contribution < -0.4 is 4.90 Å². The smallest absolute Gasteiger partial charge is 0.137 e. The predicted octanol–water partition coefficient (Wildman–Crippen LogP) is 19.0. The van der Waals surface area contributed by atoms with Gasteiger partial charge in [0, 0.05) is 33.8 Å². The van der Waals surface area contributed by atoms with E-state index in [0.717, 1.165) is 50.1 Å². The summed E-state index contributed by atoms with van der Waals surface area (Å²) in [5, 5.41) is 2.23. The quantitative estimate of drug-likeness (QED) is 0.165. The Morgan fingerprint density at radius 2 is 0.819 bits per heavy atom. The fraction of sp³-hybridized carbons (Fsp3) is 0.143. The van der Waals surface area contributed by atoms with Crippen LogP contribution in [0, 0.1) is 5.41 Å². The molecule has 3 aliphatic carbocycles. The lowest BCUT2D eigenvalue weighted by atomic mass is 9.59. The van der Waals surface area contributed by atoms with E-state index in [4.69, 9.17) is 4.42 Å². The highest BCUT2D eigenvalue weighted by molar-refractivity contribution is 6.06. The van der Waals surface area contributed by atoms with Gasteiger partial charge >= 0.3 is 0 Å². The molecule has 3 aliphatic rings. The van der Waals surface area contributed by atoms with E-state index >= 15 is 0 Å². The molecule has 0 N–H and O–H groups in total. The average molecular weight is 926 g/mol. The van der Waals surface area contributed by atoms with Crippen molar-refractivity contribution in [3.63, 3.8) is 0 Å². The molecule has 14 rings (SSSR count). The van der Waals surface area contributed by atoms with E-state index in [1.54, 1.807) is 0 Å².